The number of nitrogens with one attached hydrogen (secondary N) is 1. The summed E-state index contributed by atoms with van der Waals surface area (Å²) in [4.78, 5) is 29.0. The lowest BCUT2D eigenvalue weighted by molar-refractivity contribution is -0.117. The second-order valence-electron chi connectivity index (χ2n) is 8.67. The highest BCUT2D eigenvalue weighted by Crippen LogP contribution is 2.31. The van der Waals surface area contributed by atoms with Crippen molar-refractivity contribution in [3.63, 3.8) is 0 Å². The number of carbonyl (C=O) groups excluding carboxylic acids is 2. The Labute approximate surface area is 171 Å². The van der Waals surface area contributed by atoms with Crippen LogP contribution >= 0.6 is 0 Å². The zero-order valence-corrected chi connectivity index (χ0v) is 16.7. The van der Waals surface area contributed by atoms with Crippen molar-refractivity contribution in [1.29, 1.82) is 0 Å². The van der Waals surface area contributed by atoms with Gasteiger partial charge in [0.05, 0.1) is 5.54 Å². The molecule has 2 amide bonds. The van der Waals surface area contributed by atoms with E-state index < -0.39 is 0 Å². The lowest BCUT2D eigenvalue weighted by atomic mass is 9.91. The van der Waals surface area contributed by atoms with Crippen molar-refractivity contribution in [3.8, 4) is 0 Å². The molecule has 2 saturated heterocycles. The molecule has 1 atom stereocenters. The van der Waals surface area contributed by atoms with Crippen LogP contribution in [0.25, 0.3) is 0 Å². The summed E-state index contributed by atoms with van der Waals surface area (Å²) in [5.74, 6) is 0.295. The Bertz CT molecular complexity index is 939. The number of fused-ring (bicyclic) bond motifs is 1. The van der Waals surface area contributed by atoms with E-state index in [4.69, 9.17) is 0 Å². The first-order chi connectivity index (χ1) is 14.1. The number of carbonyl (C=O) groups is 2. The maximum atomic E-state index is 12.8. The molecule has 3 aliphatic rings. The fourth-order valence-corrected chi connectivity index (χ4v) is 5.06. The molecule has 5 nitrogen and oxygen atoms in total. The zero-order chi connectivity index (χ0) is 19.8. The van der Waals surface area contributed by atoms with Gasteiger partial charge in [-0.3, -0.25) is 14.5 Å². The van der Waals surface area contributed by atoms with Crippen LogP contribution in [0.5, 0.6) is 0 Å². The number of benzene rings is 2. The summed E-state index contributed by atoms with van der Waals surface area (Å²) in [5, 5.41) is 3.35. The third kappa shape index (κ3) is 3.55. The highest BCUT2D eigenvalue weighted by molar-refractivity contribution is 5.96. The van der Waals surface area contributed by atoms with E-state index in [0.29, 0.717) is 6.42 Å². The van der Waals surface area contributed by atoms with Crippen molar-refractivity contribution >= 4 is 17.5 Å². The quantitative estimate of drug-likeness (QED) is 0.878. The fourth-order valence-electron chi connectivity index (χ4n) is 5.06. The standard InChI is InChI=1S/C24H27N3O2/c28-22-6-3-14-27(22)20-9-7-18(8-10-20)16-26-15-13-24(17-26)12-11-19-4-1-2-5-21(19)23(29)25-24/h1-2,4-5,7-10H,3,6,11-17H2,(H,25,29)/t24-/m1/s1. The molecule has 0 aliphatic carbocycles. The average molecular weight is 389 g/mol. The third-order valence-electron chi connectivity index (χ3n) is 6.67. The molecular weight excluding hydrogens is 362 g/mol. The number of rotatable bonds is 3. The summed E-state index contributed by atoms with van der Waals surface area (Å²) in [6.45, 7) is 3.58. The molecule has 1 spiro atoms. The van der Waals surface area contributed by atoms with E-state index in [1.165, 1.54) is 5.56 Å². The summed E-state index contributed by atoms with van der Waals surface area (Å²) in [7, 11) is 0. The van der Waals surface area contributed by atoms with Crippen LogP contribution in [0.3, 0.4) is 0 Å². The molecular formula is C24H27N3O2. The largest absolute Gasteiger partial charge is 0.345 e. The number of hydrogen-bond acceptors (Lipinski definition) is 3. The van der Waals surface area contributed by atoms with Crippen LogP contribution in [-0.2, 0) is 17.8 Å². The SMILES string of the molecule is O=C1N[C@]2(CCc3ccccc31)CCN(Cc1ccc(N3CCCC3=O)cc1)C2. The molecule has 150 valence electrons. The number of hydrogen-bond donors (Lipinski definition) is 1. The fraction of sp³-hybridized carbons (Fsp3) is 0.417. The van der Waals surface area contributed by atoms with Gasteiger partial charge in [0.25, 0.3) is 5.91 Å². The Morgan fingerprint density at radius 2 is 1.76 bits per heavy atom. The molecule has 2 aromatic carbocycles. The number of amides is 2. The molecule has 2 aromatic rings. The van der Waals surface area contributed by atoms with Crippen molar-refractivity contribution < 1.29 is 9.59 Å². The van der Waals surface area contributed by atoms with Crippen LogP contribution in [0.4, 0.5) is 5.69 Å². The van der Waals surface area contributed by atoms with Gasteiger partial charge in [-0.15, -0.1) is 0 Å². The maximum absolute atomic E-state index is 12.8. The maximum Gasteiger partial charge on any atom is 0.252 e. The molecule has 0 saturated carbocycles. The Kier molecular flexibility index (Phi) is 4.63. The molecule has 1 N–H and O–H groups in total. The van der Waals surface area contributed by atoms with Crippen molar-refractivity contribution in [2.24, 2.45) is 0 Å². The molecule has 5 rings (SSSR count). The minimum atomic E-state index is -0.127. The van der Waals surface area contributed by atoms with Crippen LogP contribution in [-0.4, -0.2) is 41.9 Å². The first kappa shape index (κ1) is 18.4. The summed E-state index contributed by atoms with van der Waals surface area (Å²) in [6.07, 6.45) is 4.54. The molecule has 0 unspecified atom stereocenters. The first-order valence-electron chi connectivity index (χ1n) is 10.6. The monoisotopic (exact) mass is 389 g/mol. The molecule has 3 aliphatic heterocycles. The van der Waals surface area contributed by atoms with Gasteiger partial charge in [-0.2, -0.15) is 0 Å². The normalized spacial score (nSPS) is 24.6. The van der Waals surface area contributed by atoms with Gasteiger partial charge in [0, 0.05) is 43.9 Å². The predicted molar refractivity (Wildman–Crippen MR) is 113 cm³/mol. The number of nitrogens with zero attached hydrogens (tertiary/aromatic N) is 2. The molecule has 5 heteroatoms. The van der Waals surface area contributed by atoms with E-state index in [0.717, 1.165) is 68.7 Å². The smallest absolute Gasteiger partial charge is 0.252 e. The third-order valence-corrected chi connectivity index (χ3v) is 6.67. The van der Waals surface area contributed by atoms with Crippen molar-refractivity contribution in [2.75, 3.05) is 24.5 Å². The van der Waals surface area contributed by atoms with Gasteiger partial charge in [-0.05, 0) is 55.0 Å². The highest BCUT2D eigenvalue weighted by Gasteiger charge is 2.41. The Morgan fingerprint density at radius 3 is 2.55 bits per heavy atom. The second-order valence-corrected chi connectivity index (χ2v) is 8.67. The minimum absolute atomic E-state index is 0.0691. The lowest BCUT2D eigenvalue weighted by Gasteiger charge is -2.29. The van der Waals surface area contributed by atoms with Gasteiger partial charge in [-0.25, -0.2) is 0 Å². The Balaban J connectivity index is 1.24. The van der Waals surface area contributed by atoms with Gasteiger partial charge < -0.3 is 10.2 Å². The van der Waals surface area contributed by atoms with Gasteiger partial charge in [0.15, 0.2) is 0 Å². The number of aryl methyl sites for hydroxylation is 1. The van der Waals surface area contributed by atoms with Crippen LogP contribution in [0.15, 0.2) is 48.5 Å². The van der Waals surface area contributed by atoms with Crippen LogP contribution < -0.4 is 10.2 Å². The van der Waals surface area contributed by atoms with Gasteiger partial charge >= 0.3 is 0 Å². The van der Waals surface area contributed by atoms with Crippen molar-refractivity contribution in [1.82, 2.24) is 10.2 Å². The van der Waals surface area contributed by atoms with Crippen molar-refractivity contribution in [2.45, 2.75) is 44.2 Å². The molecule has 0 bridgehead atoms. The summed E-state index contributed by atoms with van der Waals surface area (Å²) in [5.41, 5.74) is 4.11. The lowest BCUT2D eigenvalue weighted by Crippen LogP contribution is -2.49. The topological polar surface area (TPSA) is 52.7 Å². The van der Waals surface area contributed by atoms with E-state index in [2.05, 4.69) is 40.5 Å². The van der Waals surface area contributed by atoms with Gasteiger partial charge in [-0.1, -0.05) is 30.3 Å². The Hall–Kier alpha value is -2.66. The van der Waals surface area contributed by atoms with Gasteiger partial charge in [0.1, 0.15) is 0 Å². The van der Waals surface area contributed by atoms with Crippen molar-refractivity contribution in [3.05, 3.63) is 65.2 Å². The Morgan fingerprint density at radius 1 is 0.931 bits per heavy atom. The summed E-state index contributed by atoms with van der Waals surface area (Å²) in [6, 6.07) is 16.4. The highest BCUT2D eigenvalue weighted by atomic mass is 16.2. The van der Waals surface area contributed by atoms with E-state index in [9.17, 15) is 9.59 Å². The minimum Gasteiger partial charge on any atom is -0.345 e. The summed E-state index contributed by atoms with van der Waals surface area (Å²) < 4.78 is 0. The van der Waals surface area contributed by atoms with E-state index in [1.807, 2.05) is 23.1 Å². The van der Waals surface area contributed by atoms with Crippen LogP contribution in [0, 0.1) is 0 Å². The summed E-state index contributed by atoms with van der Waals surface area (Å²) >= 11 is 0. The number of anilines is 1. The molecule has 29 heavy (non-hydrogen) atoms. The number of likely N-dealkylation sites (tertiary alicyclic amines) is 1. The van der Waals surface area contributed by atoms with E-state index in [-0.39, 0.29) is 17.4 Å². The van der Waals surface area contributed by atoms with E-state index in [1.54, 1.807) is 0 Å². The molecule has 3 heterocycles. The molecule has 0 radical (unpaired) electrons. The molecule has 2 fully saturated rings. The zero-order valence-electron chi connectivity index (χ0n) is 16.7. The predicted octanol–water partition coefficient (Wildman–Crippen LogP) is 3.13. The van der Waals surface area contributed by atoms with Crippen LogP contribution in [0.1, 0.15) is 47.2 Å². The van der Waals surface area contributed by atoms with Gasteiger partial charge in [0.2, 0.25) is 5.91 Å². The molecule has 0 aromatic heterocycles. The first-order valence-corrected chi connectivity index (χ1v) is 10.6. The second kappa shape index (κ2) is 7.30. The van der Waals surface area contributed by atoms with Crippen LogP contribution in [0.2, 0.25) is 0 Å². The average Bonchev–Trinajstić information content (AvgIpc) is 3.30. The van der Waals surface area contributed by atoms with E-state index >= 15 is 0 Å².